The lowest BCUT2D eigenvalue weighted by Crippen LogP contribution is -2.57. The number of rotatable bonds is 2. The van der Waals surface area contributed by atoms with Crippen LogP contribution in [0.15, 0.2) is 36.4 Å². The summed E-state index contributed by atoms with van der Waals surface area (Å²) >= 11 is 5.74. The zero-order chi connectivity index (χ0) is 23.5. The lowest BCUT2D eigenvalue weighted by atomic mass is 9.70. The second-order valence-electron chi connectivity index (χ2n) is 8.60. The normalized spacial score (nSPS) is 28.3. The van der Waals surface area contributed by atoms with Gasteiger partial charge in [0.2, 0.25) is 5.91 Å². The fraction of sp³-hybridized carbons (Fsp3) is 0.391. The molecule has 0 aromatic heterocycles. The highest BCUT2D eigenvalue weighted by Gasteiger charge is 2.62. The van der Waals surface area contributed by atoms with Crippen LogP contribution in [0.5, 0.6) is 0 Å². The van der Waals surface area contributed by atoms with Gasteiger partial charge in [0.1, 0.15) is 11.7 Å². The highest BCUT2D eigenvalue weighted by molar-refractivity contribution is 6.30. The Morgan fingerprint density at radius 1 is 1.03 bits per heavy atom. The van der Waals surface area contributed by atoms with E-state index in [-0.39, 0.29) is 17.9 Å². The quantitative estimate of drug-likeness (QED) is 0.488. The third-order valence-corrected chi connectivity index (χ3v) is 6.97. The molecule has 1 heterocycles. The van der Waals surface area contributed by atoms with E-state index in [1.807, 2.05) is 0 Å². The fourth-order valence-electron chi connectivity index (χ4n) is 4.60. The van der Waals surface area contributed by atoms with Gasteiger partial charge >= 0.3 is 6.18 Å². The molecule has 2 aliphatic rings. The minimum Gasteiger partial charge on any atom is -0.380 e. The number of hydrogen-bond acceptors (Lipinski definition) is 3. The minimum absolute atomic E-state index is 0.0375. The van der Waals surface area contributed by atoms with Crippen LogP contribution in [0.1, 0.15) is 42.7 Å². The average molecular weight is 470 g/mol. The van der Waals surface area contributed by atoms with E-state index in [0.717, 1.165) is 0 Å². The summed E-state index contributed by atoms with van der Waals surface area (Å²) in [6.45, 7) is 1.72. The van der Waals surface area contributed by atoms with Gasteiger partial charge in [0, 0.05) is 0 Å². The Morgan fingerprint density at radius 3 is 2.22 bits per heavy atom. The first kappa shape index (κ1) is 22.7. The van der Waals surface area contributed by atoms with E-state index >= 15 is 0 Å². The van der Waals surface area contributed by atoms with E-state index in [9.17, 15) is 32.3 Å². The lowest BCUT2D eigenvalue weighted by Gasteiger charge is -2.41. The number of amides is 1. The van der Waals surface area contributed by atoms with Gasteiger partial charge in [-0.15, -0.1) is 0 Å². The van der Waals surface area contributed by atoms with Crippen molar-refractivity contribution in [1.82, 2.24) is 5.32 Å². The summed E-state index contributed by atoms with van der Waals surface area (Å²) in [7, 11) is 0. The Bertz CT molecular complexity index is 1110. The number of halogens is 5. The Morgan fingerprint density at radius 2 is 1.62 bits per heavy atom. The van der Waals surface area contributed by atoms with Crippen LogP contribution in [0, 0.1) is 12.7 Å². The van der Waals surface area contributed by atoms with Gasteiger partial charge in [-0.1, -0.05) is 29.8 Å². The maximum atomic E-state index is 13.9. The summed E-state index contributed by atoms with van der Waals surface area (Å²) in [5.74, 6) is -2.90. The van der Waals surface area contributed by atoms with Crippen LogP contribution in [0.2, 0.25) is 5.02 Å². The summed E-state index contributed by atoms with van der Waals surface area (Å²) < 4.78 is 53.4. The van der Waals surface area contributed by atoms with Crippen molar-refractivity contribution >= 4 is 23.3 Å². The maximum Gasteiger partial charge on any atom is 0.417 e. The van der Waals surface area contributed by atoms with Gasteiger partial charge in [0.15, 0.2) is 11.4 Å². The van der Waals surface area contributed by atoms with Crippen molar-refractivity contribution in [2.75, 3.05) is 0 Å². The van der Waals surface area contributed by atoms with E-state index in [1.54, 1.807) is 31.2 Å². The molecule has 2 aromatic rings. The number of ketones is 1. The molecule has 2 N–H and O–H groups in total. The summed E-state index contributed by atoms with van der Waals surface area (Å²) in [6.07, 6.45) is -6.74. The van der Waals surface area contributed by atoms with Gasteiger partial charge in [0.25, 0.3) is 0 Å². The van der Waals surface area contributed by atoms with Crippen LogP contribution in [0.25, 0.3) is 11.1 Å². The van der Waals surface area contributed by atoms with E-state index in [2.05, 4.69) is 5.32 Å². The Hall–Kier alpha value is -2.45. The predicted molar refractivity (Wildman–Crippen MR) is 110 cm³/mol. The van der Waals surface area contributed by atoms with Crippen LogP contribution in [0.4, 0.5) is 17.6 Å². The molecular weight excluding hydrogens is 450 g/mol. The monoisotopic (exact) mass is 469 g/mol. The van der Waals surface area contributed by atoms with Crippen molar-refractivity contribution in [3.63, 3.8) is 0 Å². The number of hydrogen-bond donors (Lipinski definition) is 2. The van der Waals surface area contributed by atoms with Crippen LogP contribution >= 0.6 is 11.6 Å². The van der Waals surface area contributed by atoms with Crippen LogP contribution in [0.3, 0.4) is 0 Å². The van der Waals surface area contributed by atoms with Crippen LogP contribution in [-0.4, -0.2) is 34.1 Å². The molecule has 4 nitrogen and oxygen atoms in total. The van der Waals surface area contributed by atoms with Gasteiger partial charge in [-0.25, -0.2) is 4.39 Å². The molecule has 2 aromatic carbocycles. The molecule has 1 aliphatic carbocycles. The molecule has 0 radical (unpaired) electrons. The maximum absolute atomic E-state index is 13.9. The number of alkyl halides is 3. The van der Waals surface area contributed by atoms with E-state index in [0.29, 0.717) is 22.3 Å². The number of nitrogens with one attached hydrogen (secondary N) is 1. The van der Waals surface area contributed by atoms with Crippen molar-refractivity contribution in [3.8, 4) is 11.1 Å². The molecule has 32 heavy (non-hydrogen) atoms. The van der Waals surface area contributed by atoms with E-state index in [4.69, 9.17) is 11.6 Å². The molecule has 1 saturated carbocycles. The Labute approximate surface area is 186 Å². The number of aliphatic hydroxyl groups is 1. The van der Waals surface area contributed by atoms with Gasteiger partial charge in [-0.05, 0) is 73.1 Å². The second-order valence-corrected chi connectivity index (χ2v) is 9.01. The van der Waals surface area contributed by atoms with Gasteiger partial charge in [-0.2, -0.15) is 13.2 Å². The molecule has 9 heteroatoms. The van der Waals surface area contributed by atoms with Gasteiger partial charge in [0.05, 0.1) is 10.6 Å². The molecule has 1 saturated heterocycles. The molecular formula is C23H20ClF4NO3. The smallest absolute Gasteiger partial charge is 0.380 e. The summed E-state index contributed by atoms with van der Waals surface area (Å²) in [4.78, 5) is 26.2. The van der Waals surface area contributed by atoms with Crippen molar-refractivity contribution < 1.29 is 32.3 Å². The first-order chi connectivity index (χ1) is 14.9. The fourth-order valence-corrected chi connectivity index (χ4v) is 4.72. The molecule has 1 aliphatic heterocycles. The van der Waals surface area contributed by atoms with Gasteiger partial charge < -0.3 is 10.4 Å². The molecule has 1 atom stereocenters. The van der Waals surface area contributed by atoms with Crippen molar-refractivity contribution in [3.05, 3.63) is 58.4 Å². The van der Waals surface area contributed by atoms with Gasteiger partial charge in [-0.3, -0.25) is 9.59 Å². The first-order valence-electron chi connectivity index (χ1n) is 10.1. The standard InChI is InChI=1S/C23H20ClF4NO3/c1-12-2-3-13(14-4-5-16(24)17(25)11-14)10-15(12)18-19(30)21(29-20(18)31)6-8-22(32,9-7-21)23(26,27)28/h2-5,10-11,18,32H,6-9H2,1H3,(H,29,31). The average Bonchev–Trinajstić information content (AvgIpc) is 2.96. The molecule has 4 rings (SSSR count). The minimum atomic E-state index is -4.81. The molecule has 1 amide bonds. The highest BCUT2D eigenvalue weighted by atomic mass is 35.5. The van der Waals surface area contributed by atoms with Crippen molar-refractivity contribution in [2.45, 2.75) is 55.8 Å². The number of Topliss-reactive ketones (excluding diaryl/α,β-unsaturated/α-hetero) is 1. The van der Waals surface area contributed by atoms with E-state index < -0.39 is 53.6 Å². The Kier molecular flexibility index (Phi) is 5.37. The zero-order valence-corrected chi connectivity index (χ0v) is 17.8. The highest BCUT2D eigenvalue weighted by Crippen LogP contribution is 2.48. The van der Waals surface area contributed by atoms with Crippen molar-refractivity contribution in [1.29, 1.82) is 0 Å². The predicted octanol–water partition coefficient (Wildman–Crippen LogP) is 4.84. The van der Waals surface area contributed by atoms with Crippen LogP contribution in [-0.2, 0) is 9.59 Å². The largest absolute Gasteiger partial charge is 0.417 e. The molecule has 170 valence electrons. The number of aryl methyl sites for hydroxylation is 1. The molecule has 2 fully saturated rings. The van der Waals surface area contributed by atoms with E-state index in [1.165, 1.54) is 12.1 Å². The molecule has 0 bridgehead atoms. The van der Waals surface area contributed by atoms with Crippen LogP contribution < -0.4 is 5.32 Å². The zero-order valence-electron chi connectivity index (χ0n) is 17.0. The first-order valence-corrected chi connectivity index (χ1v) is 10.5. The Balaban J connectivity index is 1.66. The SMILES string of the molecule is Cc1ccc(-c2ccc(Cl)c(F)c2)cc1C1C(=O)NC2(CCC(O)(C(F)(F)F)CC2)C1=O. The number of benzene rings is 2. The summed E-state index contributed by atoms with van der Waals surface area (Å²) in [5, 5.41) is 12.5. The molecule has 1 unspecified atom stereocenters. The van der Waals surface area contributed by atoms with Crippen molar-refractivity contribution in [2.24, 2.45) is 0 Å². The second kappa shape index (κ2) is 7.56. The lowest BCUT2D eigenvalue weighted by molar-refractivity contribution is -0.272. The molecule has 1 spiro atoms. The third-order valence-electron chi connectivity index (χ3n) is 6.66. The summed E-state index contributed by atoms with van der Waals surface area (Å²) in [5.41, 5.74) is -2.17. The topological polar surface area (TPSA) is 66.4 Å². The summed E-state index contributed by atoms with van der Waals surface area (Å²) in [6, 6.07) is 9.29. The number of carbonyl (C=O) groups excluding carboxylic acids is 2. The third kappa shape index (κ3) is 3.59. The number of carbonyl (C=O) groups is 2.